The highest BCUT2D eigenvalue weighted by atomic mass is 16.5. The van der Waals surface area contributed by atoms with Crippen LogP contribution in [0.25, 0.3) is 5.70 Å². The molecule has 192 valence electrons. The molecule has 2 aliphatic rings. The van der Waals surface area contributed by atoms with Gasteiger partial charge >= 0.3 is 5.97 Å². The normalized spacial score (nSPS) is 21.7. The fourth-order valence-corrected chi connectivity index (χ4v) is 4.74. The van der Waals surface area contributed by atoms with Gasteiger partial charge in [0.05, 0.1) is 32.4 Å². The van der Waals surface area contributed by atoms with E-state index in [4.69, 9.17) is 19.3 Å². The summed E-state index contributed by atoms with van der Waals surface area (Å²) in [5.74, 6) is 0.906. The van der Waals surface area contributed by atoms with Crippen molar-refractivity contribution in [1.82, 2.24) is 15.1 Å². The number of benzene rings is 1. The molecule has 2 aromatic rings. The van der Waals surface area contributed by atoms with Crippen LogP contribution in [0.4, 0.5) is 0 Å². The molecule has 8 heteroatoms. The number of esters is 1. The van der Waals surface area contributed by atoms with Gasteiger partial charge in [0.25, 0.3) is 5.91 Å². The molecule has 0 saturated heterocycles. The Labute approximate surface area is 212 Å². The van der Waals surface area contributed by atoms with E-state index in [1.165, 1.54) is 0 Å². The van der Waals surface area contributed by atoms with Gasteiger partial charge in [-0.2, -0.15) is 5.10 Å². The molecule has 1 aliphatic heterocycles. The second-order valence-electron chi connectivity index (χ2n) is 9.21. The maximum Gasteiger partial charge on any atom is 0.308 e. The molecule has 4 rings (SSSR count). The molecule has 1 aromatic carbocycles. The van der Waals surface area contributed by atoms with E-state index in [2.05, 4.69) is 11.4 Å². The molecule has 1 saturated carbocycles. The maximum atomic E-state index is 13.1. The van der Waals surface area contributed by atoms with Crippen molar-refractivity contribution in [3.63, 3.8) is 0 Å². The highest BCUT2D eigenvalue weighted by molar-refractivity contribution is 5.93. The van der Waals surface area contributed by atoms with E-state index in [1.54, 1.807) is 14.2 Å². The van der Waals surface area contributed by atoms with E-state index < -0.39 is 0 Å². The van der Waals surface area contributed by atoms with E-state index in [0.29, 0.717) is 23.8 Å². The molecule has 2 heterocycles. The predicted molar refractivity (Wildman–Crippen MR) is 137 cm³/mol. The Kier molecular flexibility index (Phi) is 8.46. The standard InChI is InChI=1S/C28H35N3O5/c1-4-16-36-28(33)19-10-13-21(14-11-19)29-27(32)23-18-22-8-6-5-7-9-24(31(22)30-23)20-12-15-25(34-2)26(17-20)35-3/h5,7,9,12,15,17-19,21H,4,6,8,10-11,13-14,16H2,1-3H3,(H,29,32)/b7-5-,24-9-. The summed E-state index contributed by atoms with van der Waals surface area (Å²) in [5, 5.41) is 7.83. The third kappa shape index (κ3) is 5.80. The molecule has 0 bridgehead atoms. The summed E-state index contributed by atoms with van der Waals surface area (Å²) in [4.78, 5) is 25.3. The lowest BCUT2D eigenvalue weighted by molar-refractivity contribution is -0.149. The Hall–Kier alpha value is -3.55. The third-order valence-corrected chi connectivity index (χ3v) is 6.72. The number of aromatic nitrogens is 2. The monoisotopic (exact) mass is 493 g/mol. The minimum Gasteiger partial charge on any atom is -0.493 e. The first-order valence-electron chi connectivity index (χ1n) is 12.7. The highest BCUT2D eigenvalue weighted by Crippen LogP contribution is 2.32. The Morgan fingerprint density at radius 1 is 1.08 bits per heavy atom. The van der Waals surface area contributed by atoms with Gasteiger partial charge in [-0.25, -0.2) is 4.68 Å². The van der Waals surface area contributed by atoms with Crippen molar-refractivity contribution in [3.05, 3.63) is 59.4 Å². The summed E-state index contributed by atoms with van der Waals surface area (Å²) >= 11 is 0. The molecule has 1 amide bonds. The quantitative estimate of drug-likeness (QED) is 0.543. The largest absolute Gasteiger partial charge is 0.493 e. The molecule has 1 aliphatic carbocycles. The second-order valence-corrected chi connectivity index (χ2v) is 9.21. The van der Waals surface area contributed by atoms with Crippen molar-refractivity contribution < 1.29 is 23.8 Å². The summed E-state index contributed by atoms with van der Waals surface area (Å²) in [7, 11) is 3.22. The number of nitrogens with one attached hydrogen (secondary N) is 1. The molecule has 1 fully saturated rings. The van der Waals surface area contributed by atoms with E-state index in [0.717, 1.165) is 61.9 Å². The molecule has 1 aromatic heterocycles. The van der Waals surface area contributed by atoms with Gasteiger partial charge in [0, 0.05) is 17.3 Å². The zero-order chi connectivity index (χ0) is 25.5. The molecule has 36 heavy (non-hydrogen) atoms. The number of hydrogen-bond acceptors (Lipinski definition) is 6. The van der Waals surface area contributed by atoms with Gasteiger partial charge < -0.3 is 19.5 Å². The minimum atomic E-state index is -0.189. The van der Waals surface area contributed by atoms with Crippen molar-refractivity contribution in [3.8, 4) is 11.5 Å². The van der Waals surface area contributed by atoms with Crippen molar-refractivity contribution in [2.75, 3.05) is 20.8 Å². The molecular weight excluding hydrogens is 458 g/mol. The van der Waals surface area contributed by atoms with Crippen LogP contribution >= 0.6 is 0 Å². The van der Waals surface area contributed by atoms with Crippen molar-refractivity contribution in [2.24, 2.45) is 5.92 Å². The van der Waals surface area contributed by atoms with E-state index in [9.17, 15) is 9.59 Å². The number of nitrogens with zero attached hydrogens (tertiary/aromatic N) is 2. The number of aryl methyl sites for hydroxylation is 1. The van der Waals surface area contributed by atoms with Gasteiger partial charge in [-0.3, -0.25) is 9.59 Å². The lowest BCUT2D eigenvalue weighted by atomic mass is 9.86. The third-order valence-electron chi connectivity index (χ3n) is 6.72. The van der Waals surface area contributed by atoms with Gasteiger partial charge in [-0.05, 0) is 75.3 Å². The van der Waals surface area contributed by atoms with Crippen molar-refractivity contribution in [1.29, 1.82) is 0 Å². The molecule has 0 radical (unpaired) electrons. The van der Waals surface area contributed by atoms with Crippen LogP contribution in [0.5, 0.6) is 11.5 Å². The van der Waals surface area contributed by atoms with Crippen LogP contribution in [0.15, 0.2) is 42.5 Å². The number of methoxy groups -OCH3 is 2. The van der Waals surface area contributed by atoms with Crippen LogP contribution in [-0.2, 0) is 16.0 Å². The van der Waals surface area contributed by atoms with E-state index in [-0.39, 0.29) is 23.8 Å². The van der Waals surface area contributed by atoms with E-state index in [1.807, 2.05) is 48.0 Å². The van der Waals surface area contributed by atoms with Crippen LogP contribution in [0, 0.1) is 5.92 Å². The Balaban J connectivity index is 1.48. The van der Waals surface area contributed by atoms with Gasteiger partial charge in [0.1, 0.15) is 0 Å². The smallest absolute Gasteiger partial charge is 0.308 e. The van der Waals surface area contributed by atoms with Crippen molar-refractivity contribution in [2.45, 2.75) is 57.9 Å². The molecule has 0 atom stereocenters. The number of allylic oxidation sites excluding steroid dienone is 3. The van der Waals surface area contributed by atoms with Gasteiger partial charge in [0.15, 0.2) is 17.2 Å². The summed E-state index contributed by atoms with van der Waals surface area (Å²) in [6.07, 6.45) is 11.5. The zero-order valence-corrected chi connectivity index (χ0v) is 21.3. The van der Waals surface area contributed by atoms with Gasteiger partial charge in [-0.15, -0.1) is 0 Å². The van der Waals surface area contributed by atoms with Crippen LogP contribution in [-0.4, -0.2) is 48.5 Å². The number of amides is 1. The number of hydrogen-bond donors (Lipinski definition) is 1. The second kappa shape index (κ2) is 11.9. The van der Waals surface area contributed by atoms with Crippen LogP contribution < -0.4 is 14.8 Å². The minimum absolute atomic E-state index is 0.0273. The van der Waals surface area contributed by atoms with E-state index >= 15 is 0 Å². The number of carbonyl (C=O) groups is 2. The topological polar surface area (TPSA) is 91.7 Å². The first-order chi connectivity index (χ1) is 17.5. The Morgan fingerprint density at radius 2 is 1.86 bits per heavy atom. The fraction of sp³-hybridized carbons (Fsp3) is 0.464. The van der Waals surface area contributed by atoms with Crippen molar-refractivity contribution >= 4 is 17.6 Å². The van der Waals surface area contributed by atoms with Gasteiger partial charge in [0.2, 0.25) is 0 Å². The SMILES string of the molecule is CCCOC(=O)C1CCC(NC(=O)c2cc3n(n2)/C(c2ccc(OC)c(OC)c2)=C\C=C/CC3)CC1. The highest BCUT2D eigenvalue weighted by Gasteiger charge is 2.29. The lowest BCUT2D eigenvalue weighted by Gasteiger charge is -2.27. The van der Waals surface area contributed by atoms with Gasteiger partial charge in [-0.1, -0.05) is 19.1 Å². The molecule has 0 unspecified atom stereocenters. The zero-order valence-electron chi connectivity index (χ0n) is 21.3. The van der Waals surface area contributed by atoms with Crippen LogP contribution in [0.3, 0.4) is 0 Å². The predicted octanol–water partition coefficient (Wildman–Crippen LogP) is 4.53. The lowest BCUT2D eigenvalue weighted by Crippen LogP contribution is -2.39. The summed E-state index contributed by atoms with van der Waals surface area (Å²) in [6, 6.07) is 7.63. The molecule has 0 spiro atoms. The average Bonchev–Trinajstić information content (AvgIpc) is 3.30. The van der Waals surface area contributed by atoms with Crippen LogP contribution in [0.2, 0.25) is 0 Å². The number of fused-ring (bicyclic) bond motifs is 1. The Bertz CT molecular complexity index is 1140. The molecule has 8 nitrogen and oxygen atoms in total. The molecule has 1 N–H and O–H groups in total. The Morgan fingerprint density at radius 3 is 2.58 bits per heavy atom. The molecular formula is C28H35N3O5. The first-order valence-corrected chi connectivity index (χ1v) is 12.7. The summed E-state index contributed by atoms with van der Waals surface area (Å²) in [5.41, 5.74) is 3.12. The number of ether oxygens (including phenoxy) is 3. The average molecular weight is 494 g/mol. The number of carbonyl (C=O) groups excluding carboxylic acids is 2. The number of rotatable bonds is 8. The first kappa shape index (κ1) is 25.5. The van der Waals surface area contributed by atoms with Crippen LogP contribution in [0.1, 0.15) is 67.2 Å². The maximum absolute atomic E-state index is 13.1. The summed E-state index contributed by atoms with van der Waals surface area (Å²) in [6.45, 7) is 2.45. The fourth-order valence-electron chi connectivity index (χ4n) is 4.74. The summed E-state index contributed by atoms with van der Waals surface area (Å²) < 4.78 is 18.0.